The molecule has 0 aliphatic carbocycles. The Morgan fingerprint density at radius 1 is 1.48 bits per heavy atom. The molecular weight excluding hydrogens is 292 g/mol. The third-order valence-electron chi connectivity index (χ3n) is 2.83. The van der Waals surface area contributed by atoms with Crippen LogP contribution in [0.2, 0.25) is 5.02 Å². The molecule has 0 fully saturated rings. The number of anilines is 1. The number of nitrogens with zero attached hydrogens (tertiary/aromatic N) is 4. The number of amides is 1. The predicted molar refractivity (Wildman–Crippen MR) is 80.2 cm³/mol. The molecule has 0 aromatic carbocycles. The lowest BCUT2D eigenvalue weighted by molar-refractivity contribution is 0.0781. The fourth-order valence-electron chi connectivity index (χ4n) is 1.75. The average molecular weight is 309 g/mol. The molecule has 0 saturated heterocycles. The Hall–Kier alpha value is -2.15. The molecule has 0 bridgehead atoms. The first-order chi connectivity index (χ1) is 10.1. The lowest BCUT2D eigenvalue weighted by atomic mass is 10.2. The molecule has 0 aliphatic rings. The van der Waals surface area contributed by atoms with Crippen molar-refractivity contribution in [2.75, 3.05) is 18.9 Å². The van der Waals surface area contributed by atoms with Crippen LogP contribution in [0.15, 0.2) is 18.6 Å². The Balaban J connectivity index is 2.06. The zero-order chi connectivity index (χ0) is 15.2. The minimum absolute atomic E-state index is 0.178. The molecule has 0 unspecified atom stereocenters. The molecule has 0 radical (unpaired) electrons. The molecule has 2 rings (SSSR count). The lowest BCUT2D eigenvalue weighted by Gasteiger charge is -2.16. The van der Waals surface area contributed by atoms with Gasteiger partial charge in [0.1, 0.15) is 18.0 Å². The van der Waals surface area contributed by atoms with Crippen molar-refractivity contribution in [3.63, 3.8) is 0 Å². The first kappa shape index (κ1) is 15.2. The first-order valence-corrected chi connectivity index (χ1v) is 6.98. The van der Waals surface area contributed by atoms with Crippen LogP contribution in [0.3, 0.4) is 0 Å². The SMILES string of the molecule is CCCNc1ncc(C(=O)N(C)Cc2ncn[nH]2)cc1Cl. The van der Waals surface area contributed by atoms with Crippen LogP contribution in [0.4, 0.5) is 5.82 Å². The standard InChI is InChI=1S/C13H17ClN6O/c1-3-4-15-12-10(14)5-9(6-16-12)13(21)20(2)7-11-17-8-18-19-11/h5-6,8H,3-4,7H2,1-2H3,(H,15,16)(H,17,18,19). The summed E-state index contributed by atoms with van der Waals surface area (Å²) in [6.07, 6.45) is 3.89. The molecule has 2 N–H and O–H groups in total. The van der Waals surface area contributed by atoms with Crippen molar-refractivity contribution in [2.45, 2.75) is 19.9 Å². The first-order valence-electron chi connectivity index (χ1n) is 6.61. The van der Waals surface area contributed by atoms with Crippen LogP contribution in [0.1, 0.15) is 29.5 Å². The van der Waals surface area contributed by atoms with Crippen LogP contribution in [-0.2, 0) is 6.54 Å². The van der Waals surface area contributed by atoms with Crippen molar-refractivity contribution < 1.29 is 4.79 Å². The van der Waals surface area contributed by atoms with E-state index in [4.69, 9.17) is 11.6 Å². The fraction of sp³-hybridized carbons (Fsp3) is 0.385. The summed E-state index contributed by atoms with van der Waals surface area (Å²) in [5.74, 6) is 1.03. The second-order valence-corrected chi connectivity index (χ2v) is 4.98. The number of aromatic nitrogens is 4. The molecule has 8 heteroatoms. The molecule has 2 aromatic rings. The minimum Gasteiger partial charge on any atom is -0.369 e. The third kappa shape index (κ3) is 3.91. The van der Waals surface area contributed by atoms with Crippen LogP contribution in [0, 0.1) is 0 Å². The lowest BCUT2D eigenvalue weighted by Crippen LogP contribution is -2.27. The van der Waals surface area contributed by atoms with Crippen molar-refractivity contribution in [1.29, 1.82) is 0 Å². The van der Waals surface area contributed by atoms with E-state index in [-0.39, 0.29) is 5.91 Å². The van der Waals surface area contributed by atoms with E-state index >= 15 is 0 Å². The number of aromatic amines is 1. The maximum atomic E-state index is 12.3. The summed E-state index contributed by atoms with van der Waals surface area (Å²) < 4.78 is 0. The monoisotopic (exact) mass is 308 g/mol. The van der Waals surface area contributed by atoms with Crippen LogP contribution in [-0.4, -0.2) is 44.6 Å². The number of hydrogen-bond donors (Lipinski definition) is 2. The highest BCUT2D eigenvalue weighted by molar-refractivity contribution is 6.33. The van der Waals surface area contributed by atoms with E-state index in [0.29, 0.717) is 28.8 Å². The second-order valence-electron chi connectivity index (χ2n) is 4.57. The van der Waals surface area contributed by atoms with Crippen molar-refractivity contribution in [3.05, 3.63) is 35.0 Å². The number of carbonyl (C=O) groups is 1. The van der Waals surface area contributed by atoms with Gasteiger partial charge in [0.25, 0.3) is 5.91 Å². The number of rotatable bonds is 6. The van der Waals surface area contributed by atoms with E-state index in [1.165, 1.54) is 17.4 Å². The van der Waals surface area contributed by atoms with Crippen LogP contribution in [0.5, 0.6) is 0 Å². The van der Waals surface area contributed by atoms with Gasteiger partial charge in [0, 0.05) is 19.8 Å². The summed E-state index contributed by atoms with van der Waals surface area (Å²) in [6.45, 7) is 3.18. The van der Waals surface area contributed by atoms with E-state index in [9.17, 15) is 4.79 Å². The zero-order valence-electron chi connectivity index (χ0n) is 11.9. The van der Waals surface area contributed by atoms with Gasteiger partial charge in [-0.25, -0.2) is 9.97 Å². The van der Waals surface area contributed by atoms with Gasteiger partial charge in [0.2, 0.25) is 0 Å². The van der Waals surface area contributed by atoms with E-state index in [2.05, 4.69) is 32.4 Å². The van der Waals surface area contributed by atoms with Gasteiger partial charge in [0.15, 0.2) is 0 Å². The Bertz CT molecular complexity index is 601. The van der Waals surface area contributed by atoms with Gasteiger partial charge >= 0.3 is 0 Å². The molecule has 7 nitrogen and oxygen atoms in total. The van der Waals surface area contributed by atoms with Gasteiger partial charge in [-0.2, -0.15) is 5.10 Å². The molecule has 21 heavy (non-hydrogen) atoms. The number of H-pyrrole nitrogens is 1. The predicted octanol–water partition coefficient (Wildman–Crippen LogP) is 1.95. The topological polar surface area (TPSA) is 86.8 Å². The zero-order valence-corrected chi connectivity index (χ0v) is 12.7. The quantitative estimate of drug-likeness (QED) is 0.851. The number of hydrogen-bond acceptors (Lipinski definition) is 5. The maximum absolute atomic E-state index is 12.3. The molecule has 2 heterocycles. The summed E-state index contributed by atoms with van der Waals surface area (Å²) in [4.78, 5) is 22.0. The number of carbonyl (C=O) groups excluding carboxylic acids is 1. The number of halogens is 1. The van der Waals surface area contributed by atoms with Gasteiger partial charge in [0.05, 0.1) is 17.1 Å². The normalized spacial score (nSPS) is 10.4. The Morgan fingerprint density at radius 2 is 2.29 bits per heavy atom. The summed E-state index contributed by atoms with van der Waals surface area (Å²) >= 11 is 6.13. The average Bonchev–Trinajstić information content (AvgIpc) is 2.98. The minimum atomic E-state index is -0.178. The van der Waals surface area contributed by atoms with E-state index in [1.807, 2.05) is 0 Å². The molecule has 0 spiro atoms. The van der Waals surface area contributed by atoms with Gasteiger partial charge in [-0.3, -0.25) is 9.89 Å². The molecule has 112 valence electrons. The van der Waals surface area contributed by atoms with E-state index < -0.39 is 0 Å². The van der Waals surface area contributed by atoms with Crippen LogP contribution < -0.4 is 5.32 Å². The Kier molecular flexibility index (Phi) is 5.10. The summed E-state index contributed by atoms with van der Waals surface area (Å²) in [6, 6.07) is 1.62. The summed E-state index contributed by atoms with van der Waals surface area (Å²) in [5.41, 5.74) is 0.434. The smallest absolute Gasteiger partial charge is 0.255 e. The fourth-order valence-corrected chi connectivity index (χ4v) is 1.99. The largest absolute Gasteiger partial charge is 0.369 e. The summed E-state index contributed by atoms with van der Waals surface area (Å²) in [5, 5.41) is 9.99. The van der Waals surface area contributed by atoms with Crippen molar-refractivity contribution in [2.24, 2.45) is 0 Å². The molecule has 0 atom stereocenters. The Morgan fingerprint density at radius 3 is 2.90 bits per heavy atom. The molecule has 0 aliphatic heterocycles. The van der Waals surface area contributed by atoms with Gasteiger partial charge in [-0.15, -0.1) is 0 Å². The van der Waals surface area contributed by atoms with E-state index in [1.54, 1.807) is 13.1 Å². The van der Waals surface area contributed by atoms with Crippen LogP contribution >= 0.6 is 11.6 Å². The van der Waals surface area contributed by atoms with Crippen molar-refractivity contribution in [3.8, 4) is 0 Å². The molecule has 2 aromatic heterocycles. The summed E-state index contributed by atoms with van der Waals surface area (Å²) in [7, 11) is 1.68. The van der Waals surface area contributed by atoms with Gasteiger partial charge in [-0.05, 0) is 12.5 Å². The molecule has 1 amide bonds. The molecular formula is C13H17ClN6O. The number of pyridine rings is 1. The van der Waals surface area contributed by atoms with Crippen molar-refractivity contribution in [1.82, 2.24) is 25.1 Å². The van der Waals surface area contributed by atoms with Gasteiger partial charge in [-0.1, -0.05) is 18.5 Å². The number of nitrogens with one attached hydrogen (secondary N) is 2. The maximum Gasteiger partial charge on any atom is 0.255 e. The van der Waals surface area contributed by atoms with E-state index in [0.717, 1.165) is 13.0 Å². The molecule has 0 saturated carbocycles. The van der Waals surface area contributed by atoms with Gasteiger partial charge < -0.3 is 10.2 Å². The third-order valence-corrected chi connectivity index (χ3v) is 3.12. The highest BCUT2D eigenvalue weighted by Gasteiger charge is 2.15. The Labute approximate surface area is 127 Å². The van der Waals surface area contributed by atoms with Crippen LogP contribution in [0.25, 0.3) is 0 Å². The highest BCUT2D eigenvalue weighted by atomic mass is 35.5. The second kappa shape index (κ2) is 7.03. The highest BCUT2D eigenvalue weighted by Crippen LogP contribution is 2.20. The van der Waals surface area contributed by atoms with Crippen molar-refractivity contribution >= 4 is 23.3 Å².